The van der Waals surface area contributed by atoms with Gasteiger partial charge in [0.2, 0.25) is 0 Å². The minimum atomic E-state index is -1.07. The summed E-state index contributed by atoms with van der Waals surface area (Å²) in [5.41, 5.74) is -1.25. The molecule has 2 rings (SSSR count). The molecule has 124 valence electrons. The molecule has 0 atom stereocenters. The Labute approximate surface area is 141 Å². The highest BCUT2D eigenvalue weighted by molar-refractivity contribution is 6.30. The standard InChI is InChI=1S/C17H21ClN2O3/c1-16(2,3)13-10-14(20-23-13)19-15(21)17(4,5)22-12-8-6-11(18)7-9-12/h6-10H,1-5H3,(H,19,20,21). The number of nitrogens with one attached hydrogen (secondary N) is 1. The van der Waals surface area contributed by atoms with E-state index >= 15 is 0 Å². The fourth-order valence-corrected chi connectivity index (χ4v) is 1.92. The molecule has 0 saturated heterocycles. The third-order valence-electron chi connectivity index (χ3n) is 3.22. The zero-order valence-corrected chi connectivity index (χ0v) is 14.7. The summed E-state index contributed by atoms with van der Waals surface area (Å²) in [5.74, 6) is 1.31. The predicted molar refractivity (Wildman–Crippen MR) is 90.0 cm³/mol. The first-order valence-corrected chi connectivity index (χ1v) is 7.69. The molecule has 5 nitrogen and oxygen atoms in total. The Kier molecular flexibility index (Phi) is 4.71. The summed E-state index contributed by atoms with van der Waals surface area (Å²) in [6.07, 6.45) is 0. The number of rotatable bonds is 4. The average molecular weight is 337 g/mol. The van der Waals surface area contributed by atoms with Crippen LogP contribution in [0.1, 0.15) is 40.4 Å². The normalized spacial score (nSPS) is 12.1. The van der Waals surface area contributed by atoms with Gasteiger partial charge in [-0.15, -0.1) is 0 Å². The van der Waals surface area contributed by atoms with Gasteiger partial charge in [0, 0.05) is 16.5 Å². The first kappa shape index (κ1) is 17.3. The Hall–Kier alpha value is -2.01. The number of hydrogen-bond donors (Lipinski definition) is 1. The van der Waals surface area contributed by atoms with Crippen molar-refractivity contribution in [1.82, 2.24) is 5.16 Å². The summed E-state index contributed by atoms with van der Waals surface area (Å²) < 4.78 is 11.0. The van der Waals surface area contributed by atoms with Crippen LogP contribution in [0, 0.1) is 0 Å². The van der Waals surface area contributed by atoms with Gasteiger partial charge in [-0.25, -0.2) is 0 Å². The van der Waals surface area contributed by atoms with Gasteiger partial charge in [0.1, 0.15) is 11.5 Å². The molecule has 2 aromatic rings. The van der Waals surface area contributed by atoms with Crippen LogP contribution in [0.5, 0.6) is 5.75 Å². The average Bonchev–Trinajstić information content (AvgIpc) is 2.89. The number of halogens is 1. The van der Waals surface area contributed by atoms with E-state index < -0.39 is 5.60 Å². The molecule has 0 aliphatic carbocycles. The van der Waals surface area contributed by atoms with Gasteiger partial charge < -0.3 is 14.6 Å². The monoisotopic (exact) mass is 336 g/mol. The minimum Gasteiger partial charge on any atom is -0.478 e. The van der Waals surface area contributed by atoms with E-state index in [0.29, 0.717) is 22.4 Å². The largest absolute Gasteiger partial charge is 0.478 e. The molecule has 6 heteroatoms. The summed E-state index contributed by atoms with van der Waals surface area (Å²) in [6, 6.07) is 8.56. The number of nitrogens with zero attached hydrogens (tertiary/aromatic N) is 1. The van der Waals surface area contributed by atoms with Crippen LogP contribution in [0.4, 0.5) is 5.82 Å². The molecule has 0 saturated carbocycles. The van der Waals surface area contributed by atoms with Crippen molar-refractivity contribution in [2.45, 2.75) is 45.6 Å². The van der Waals surface area contributed by atoms with Crippen LogP contribution in [-0.2, 0) is 10.2 Å². The lowest BCUT2D eigenvalue weighted by Gasteiger charge is -2.24. The summed E-state index contributed by atoms with van der Waals surface area (Å²) in [5, 5.41) is 7.19. The van der Waals surface area contributed by atoms with Crippen molar-refractivity contribution in [3.63, 3.8) is 0 Å². The smallest absolute Gasteiger partial charge is 0.269 e. The fourth-order valence-electron chi connectivity index (χ4n) is 1.80. The van der Waals surface area contributed by atoms with E-state index in [9.17, 15) is 4.79 Å². The summed E-state index contributed by atoms with van der Waals surface area (Å²) in [6.45, 7) is 9.38. The third kappa shape index (κ3) is 4.48. The van der Waals surface area contributed by atoms with Crippen LogP contribution in [0.3, 0.4) is 0 Å². The van der Waals surface area contributed by atoms with E-state index in [1.54, 1.807) is 44.2 Å². The van der Waals surface area contributed by atoms with Gasteiger partial charge in [0.15, 0.2) is 11.4 Å². The zero-order valence-electron chi connectivity index (χ0n) is 13.9. The van der Waals surface area contributed by atoms with Gasteiger partial charge in [0.05, 0.1) is 0 Å². The van der Waals surface area contributed by atoms with Crippen LogP contribution in [-0.4, -0.2) is 16.7 Å². The number of amides is 1. The Morgan fingerprint density at radius 1 is 1.17 bits per heavy atom. The molecule has 1 aromatic heterocycles. The molecule has 1 aromatic carbocycles. The first-order valence-electron chi connectivity index (χ1n) is 7.31. The Balaban J connectivity index is 2.06. The van der Waals surface area contributed by atoms with Crippen molar-refractivity contribution in [3.8, 4) is 5.75 Å². The highest BCUT2D eigenvalue weighted by Gasteiger charge is 2.31. The lowest BCUT2D eigenvalue weighted by Crippen LogP contribution is -2.42. The van der Waals surface area contributed by atoms with Crippen LogP contribution in [0.2, 0.25) is 5.02 Å². The Morgan fingerprint density at radius 3 is 2.30 bits per heavy atom. The van der Waals surface area contributed by atoms with Crippen molar-refractivity contribution >= 4 is 23.3 Å². The molecule has 0 radical (unpaired) electrons. The van der Waals surface area contributed by atoms with Gasteiger partial charge >= 0.3 is 0 Å². The number of carbonyl (C=O) groups excluding carboxylic acids is 1. The predicted octanol–water partition coefficient (Wildman–Crippen LogP) is 4.42. The van der Waals surface area contributed by atoms with Crippen molar-refractivity contribution in [1.29, 1.82) is 0 Å². The maximum Gasteiger partial charge on any atom is 0.269 e. The van der Waals surface area contributed by atoms with E-state index in [1.165, 1.54) is 0 Å². The molecule has 0 unspecified atom stereocenters. The Bertz CT molecular complexity index is 685. The third-order valence-corrected chi connectivity index (χ3v) is 3.48. The Morgan fingerprint density at radius 2 is 1.78 bits per heavy atom. The molecule has 1 heterocycles. The van der Waals surface area contributed by atoms with Crippen molar-refractivity contribution < 1.29 is 14.1 Å². The summed E-state index contributed by atoms with van der Waals surface area (Å²) in [7, 11) is 0. The molecule has 0 aliphatic rings. The van der Waals surface area contributed by atoms with Crippen LogP contribution < -0.4 is 10.1 Å². The molecule has 0 aliphatic heterocycles. The van der Waals surface area contributed by atoms with Gasteiger partial charge in [-0.3, -0.25) is 4.79 Å². The highest BCUT2D eigenvalue weighted by atomic mass is 35.5. The number of anilines is 1. The second-order valence-electron chi connectivity index (χ2n) is 6.85. The number of carbonyl (C=O) groups is 1. The van der Waals surface area contributed by atoms with Crippen LogP contribution in [0.25, 0.3) is 0 Å². The van der Waals surface area contributed by atoms with Gasteiger partial charge in [-0.05, 0) is 38.1 Å². The molecule has 1 amide bonds. The van der Waals surface area contributed by atoms with Gasteiger partial charge in [-0.1, -0.05) is 37.5 Å². The molecule has 23 heavy (non-hydrogen) atoms. The molecular formula is C17H21ClN2O3. The molecule has 0 bridgehead atoms. The van der Waals surface area contributed by atoms with Gasteiger partial charge in [-0.2, -0.15) is 0 Å². The van der Waals surface area contributed by atoms with Crippen molar-refractivity contribution in [3.05, 3.63) is 41.1 Å². The maximum absolute atomic E-state index is 12.4. The van der Waals surface area contributed by atoms with Crippen molar-refractivity contribution in [2.75, 3.05) is 5.32 Å². The van der Waals surface area contributed by atoms with E-state index in [1.807, 2.05) is 20.8 Å². The quantitative estimate of drug-likeness (QED) is 0.897. The lowest BCUT2D eigenvalue weighted by molar-refractivity contribution is -0.128. The number of benzene rings is 1. The second kappa shape index (κ2) is 6.24. The number of hydrogen-bond acceptors (Lipinski definition) is 4. The molecular weight excluding hydrogens is 316 g/mol. The summed E-state index contributed by atoms with van der Waals surface area (Å²) >= 11 is 5.84. The molecule has 0 spiro atoms. The SMILES string of the molecule is CC(C)(Oc1ccc(Cl)cc1)C(=O)Nc1cc(C(C)(C)C)on1. The van der Waals surface area contributed by atoms with Crippen molar-refractivity contribution in [2.24, 2.45) is 0 Å². The number of aromatic nitrogens is 1. The van der Waals surface area contributed by atoms with E-state index in [4.69, 9.17) is 20.9 Å². The topological polar surface area (TPSA) is 64.4 Å². The zero-order chi connectivity index (χ0) is 17.3. The van der Waals surface area contributed by atoms with E-state index in [0.717, 1.165) is 0 Å². The molecule has 1 N–H and O–H groups in total. The van der Waals surface area contributed by atoms with E-state index in [-0.39, 0.29) is 11.3 Å². The van der Waals surface area contributed by atoms with Crippen LogP contribution >= 0.6 is 11.6 Å². The second-order valence-corrected chi connectivity index (χ2v) is 7.28. The number of ether oxygens (including phenoxy) is 1. The minimum absolute atomic E-state index is 0.175. The van der Waals surface area contributed by atoms with Gasteiger partial charge in [0.25, 0.3) is 5.91 Å². The summed E-state index contributed by atoms with van der Waals surface area (Å²) in [4.78, 5) is 12.4. The lowest BCUT2D eigenvalue weighted by atomic mass is 9.93. The fraction of sp³-hybridized carbons (Fsp3) is 0.412. The first-order chi connectivity index (χ1) is 10.6. The van der Waals surface area contributed by atoms with Crippen LogP contribution in [0.15, 0.2) is 34.9 Å². The molecule has 0 fully saturated rings. The highest BCUT2D eigenvalue weighted by Crippen LogP contribution is 2.26. The van der Waals surface area contributed by atoms with E-state index in [2.05, 4.69) is 10.5 Å². The maximum atomic E-state index is 12.4.